The van der Waals surface area contributed by atoms with Crippen LogP contribution in [0.5, 0.6) is 0 Å². The Labute approximate surface area is 120 Å². The fourth-order valence-electron chi connectivity index (χ4n) is 2.29. The smallest absolute Gasteiger partial charge is 0.220 e. The molecule has 0 saturated carbocycles. The second-order valence-electron chi connectivity index (χ2n) is 5.28. The molecule has 0 spiro atoms. The highest BCUT2D eigenvalue weighted by Crippen LogP contribution is 2.13. The van der Waals surface area contributed by atoms with Crippen LogP contribution in [0.1, 0.15) is 25.5 Å². The molecule has 20 heavy (non-hydrogen) atoms. The highest BCUT2D eigenvalue weighted by Gasteiger charge is 2.15. The third-order valence-corrected chi connectivity index (χ3v) is 3.61. The Hall–Kier alpha value is -1.75. The number of rotatable bonds is 5. The monoisotopic (exact) mass is 274 g/mol. The van der Waals surface area contributed by atoms with Crippen LogP contribution >= 0.6 is 0 Å². The fourth-order valence-corrected chi connectivity index (χ4v) is 2.29. The van der Waals surface area contributed by atoms with Gasteiger partial charge in [-0.15, -0.1) is 0 Å². The molecule has 0 saturated heterocycles. The summed E-state index contributed by atoms with van der Waals surface area (Å²) in [6.07, 6.45) is 9.33. The maximum Gasteiger partial charge on any atom is 0.220 e. The van der Waals surface area contributed by atoms with E-state index in [0.717, 1.165) is 25.2 Å². The molecule has 1 aliphatic heterocycles. The van der Waals surface area contributed by atoms with Crippen molar-refractivity contribution in [3.8, 4) is 0 Å². The summed E-state index contributed by atoms with van der Waals surface area (Å²) in [5, 5.41) is 3.06. The van der Waals surface area contributed by atoms with E-state index >= 15 is 0 Å². The molecule has 1 atom stereocenters. The first-order valence-corrected chi connectivity index (χ1v) is 7.07. The third-order valence-electron chi connectivity index (χ3n) is 3.61. The molecule has 1 aromatic rings. The van der Waals surface area contributed by atoms with E-state index in [-0.39, 0.29) is 11.9 Å². The summed E-state index contributed by atoms with van der Waals surface area (Å²) in [6, 6.07) is 0.123. The topological polar surface area (TPSA) is 58.1 Å². The lowest BCUT2D eigenvalue weighted by atomic mass is 10.0. The molecule has 1 N–H and O–H groups in total. The molecule has 1 amide bonds. The molecule has 0 aromatic carbocycles. The van der Waals surface area contributed by atoms with Crippen LogP contribution in [-0.2, 0) is 11.2 Å². The number of nitrogens with zero attached hydrogens (tertiary/aromatic N) is 3. The lowest BCUT2D eigenvalue weighted by Gasteiger charge is -2.26. The maximum absolute atomic E-state index is 11.9. The predicted molar refractivity (Wildman–Crippen MR) is 78.2 cm³/mol. The number of nitrogens with one attached hydrogen (secondary N) is 1. The highest BCUT2D eigenvalue weighted by atomic mass is 16.1. The number of aromatic nitrogens is 2. The summed E-state index contributed by atoms with van der Waals surface area (Å²) in [5.74, 6) is 0.0722. The average Bonchev–Trinajstić information content (AvgIpc) is 2.47. The van der Waals surface area contributed by atoms with E-state index in [1.807, 2.05) is 0 Å². The zero-order valence-corrected chi connectivity index (χ0v) is 12.2. The van der Waals surface area contributed by atoms with Gasteiger partial charge in [-0.3, -0.25) is 14.8 Å². The minimum atomic E-state index is 0.0722. The third kappa shape index (κ3) is 4.42. The van der Waals surface area contributed by atoms with Crippen molar-refractivity contribution in [2.24, 2.45) is 0 Å². The molecular weight excluding hydrogens is 252 g/mol. The van der Waals surface area contributed by atoms with Crippen molar-refractivity contribution >= 4 is 5.91 Å². The van der Waals surface area contributed by atoms with Gasteiger partial charge >= 0.3 is 0 Å². The Balaban J connectivity index is 1.77. The van der Waals surface area contributed by atoms with Crippen LogP contribution in [0.3, 0.4) is 0 Å². The van der Waals surface area contributed by atoms with Crippen LogP contribution in [-0.4, -0.2) is 47.0 Å². The van der Waals surface area contributed by atoms with E-state index in [4.69, 9.17) is 0 Å². The Morgan fingerprint density at radius 3 is 3.00 bits per heavy atom. The quantitative estimate of drug-likeness (QED) is 0.819. The summed E-state index contributed by atoms with van der Waals surface area (Å²) in [4.78, 5) is 22.4. The summed E-state index contributed by atoms with van der Waals surface area (Å²) in [7, 11) is 2.11. The van der Waals surface area contributed by atoms with E-state index in [2.05, 4.69) is 40.2 Å². The zero-order valence-electron chi connectivity index (χ0n) is 12.2. The van der Waals surface area contributed by atoms with Gasteiger partial charge in [-0.25, -0.2) is 0 Å². The second kappa shape index (κ2) is 7.14. The van der Waals surface area contributed by atoms with Crippen molar-refractivity contribution in [1.82, 2.24) is 20.2 Å². The van der Waals surface area contributed by atoms with E-state index in [9.17, 15) is 4.79 Å². The van der Waals surface area contributed by atoms with Gasteiger partial charge in [-0.1, -0.05) is 6.08 Å². The first-order chi connectivity index (χ1) is 9.65. The largest absolute Gasteiger partial charge is 0.350 e. The van der Waals surface area contributed by atoms with Crippen LogP contribution in [0.15, 0.2) is 30.2 Å². The van der Waals surface area contributed by atoms with Crippen LogP contribution in [0.4, 0.5) is 0 Å². The van der Waals surface area contributed by atoms with Crippen LogP contribution < -0.4 is 5.32 Å². The molecule has 1 aliphatic rings. The Bertz CT molecular complexity index is 472. The van der Waals surface area contributed by atoms with Gasteiger partial charge in [0.25, 0.3) is 0 Å². The summed E-state index contributed by atoms with van der Waals surface area (Å²) >= 11 is 0. The van der Waals surface area contributed by atoms with Gasteiger partial charge in [0.2, 0.25) is 5.91 Å². The molecule has 0 radical (unpaired) electrons. The van der Waals surface area contributed by atoms with Crippen molar-refractivity contribution in [2.75, 3.05) is 20.1 Å². The summed E-state index contributed by atoms with van der Waals surface area (Å²) in [5.41, 5.74) is 2.18. The molecule has 2 heterocycles. The zero-order chi connectivity index (χ0) is 14.4. The lowest BCUT2D eigenvalue weighted by Crippen LogP contribution is -2.37. The molecule has 108 valence electrons. The SMILES string of the molecule is C[C@@H](NC(=O)CCc1cnccn1)C1=CCN(C)CC1. The van der Waals surface area contributed by atoms with Crippen molar-refractivity contribution < 1.29 is 4.79 Å². The van der Waals surface area contributed by atoms with Gasteiger partial charge in [0.05, 0.1) is 5.69 Å². The van der Waals surface area contributed by atoms with Gasteiger partial charge < -0.3 is 10.2 Å². The summed E-state index contributed by atoms with van der Waals surface area (Å²) in [6.45, 7) is 4.08. The van der Waals surface area contributed by atoms with E-state index in [0.29, 0.717) is 12.8 Å². The molecule has 2 rings (SSSR count). The molecule has 5 nitrogen and oxygen atoms in total. The number of aryl methyl sites for hydroxylation is 1. The van der Waals surface area contributed by atoms with Crippen LogP contribution in [0.2, 0.25) is 0 Å². The van der Waals surface area contributed by atoms with Gasteiger partial charge in [-0.05, 0) is 32.4 Å². The number of likely N-dealkylation sites (N-methyl/N-ethyl adjacent to an activating group) is 1. The van der Waals surface area contributed by atoms with Crippen molar-refractivity contribution in [2.45, 2.75) is 32.2 Å². The van der Waals surface area contributed by atoms with E-state index < -0.39 is 0 Å². The number of carbonyl (C=O) groups excluding carboxylic acids is 1. The van der Waals surface area contributed by atoms with Gasteiger partial charge in [0.15, 0.2) is 0 Å². The van der Waals surface area contributed by atoms with Gasteiger partial charge in [-0.2, -0.15) is 0 Å². The van der Waals surface area contributed by atoms with Gasteiger partial charge in [0, 0.05) is 44.1 Å². The molecule has 0 fully saturated rings. The Kier molecular flexibility index (Phi) is 5.24. The minimum absolute atomic E-state index is 0.0722. The Morgan fingerprint density at radius 2 is 2.35 bits per heavy atom. The molecule has 1 aromatic heterocycles. The number of carbonyl (C=O) groups is 1. The van der Waals surface area contributed by atoms with Crippen LogP contribution in [0, 0.1) is 0 Å². The predicted octanol–water partition coefficient (Wildman–Crippen LogP) is 1.18. The van der Waals surface area contributed by atoms with E-state index in [1.165, 1.54) is 5.57 Å². The van der Waals surface area contributed by atoms with Crippen molar-refractivity contribution in [3.63, 3.8) is 0 Å². The molecule has 5 heteroatoms. The maximum atomic E-state index is 11.9. The minimum Gasteiger partial charge on any atom is -0.350 e. The number of amides is 1. The first kappa shape index (κ1) is 14.7. The van der Waals surface area contributed by atoms with Crippen LogP contribution in [0.25, 0.3) is 0 Å². The average molecular weight is 274 g/mol. The molecular formula is C15H22N4O. The standard InChI is InChI=1S/C15H22N4O/c1-12(13-5-9-19(2)10-6-13)18-15(20)4-3-14-11-16-7-8-17-14/h5,7-8,11-12H,3-4,6,9-10H2,1-2H3,(H,18,20)/t12-/m1/s1. The summed E-state index contributed by atoms with van der Waals surface area (Å²) < 4.78 is 0. The normalized spacial score (nSPS) is 17.4. The molecule has 0 aliphatic carbocycles. The van der Waals surface area contributed by atoms with E-state index in [1.54, 1.807) is 18.6 Å². The fraction of sp³-hybridized carbons (Fsp3) is 0.533. The van der Waals surface area contributed by atoms with Crippen molar-refractivity contribution in [1.29, 1.82) is 0 Å². The molecule has 0 bridgehead atoms. The Morgan fingerprint density at radius 1 is 1.50 bits per heavy atom. The second-order valence-corrected chi connectivity index (χ2v) is 5.28. The molecule has 0 unspecified atom stereocenters. The lowest BCUT2D eigenvalue weighted by molar-refractivity contribution is -0.121. The number of hydrogen-bond acceptors (Lipinski definition) is 4. The first-order valence-electron chi connectivity index (χ1n) is 7.07. The van der Waals surface area contributed by atoms with Gasteiger partial charge in [0.1, 0.15) is 0 Å². The van der Waals surface area contributed by atoms with Crippen molar-refractivity contribution in [3.05, 3.63) is 35.9 Å². The number of hydrogen-bond donors (Lipinski definition) is 1. The highest BCUT2D eigenvalue weighted by molar-refractivity contribution is 5.76.